The summed E-state index contributed by atoms with van der Waals surface area (Å²) in [6.07, 6.45) is 2.65. The van der Waals surface area contributed by atoms with Crippen molar-refractivity contribution in [2.45, 2.75) is 6.42 Å². The molecule has 0 fully saturated rings. The van der Waals surface area contributed by atoms with E-state index in [1.807, 2.05) is 50.5 Å². The number of anilines is 3. The Balaban J connectivity index is 1.94. The standard InChI is InChI=1S/C23H25ClN4O/c1-27(2)13-6-14-28(23-21(25)11-5-12-26-23)20-10-4-8-18(16-20)22(29)17-7-3-9-19(24)15-17/h3-5,7-12,15-16H,6,13-14,25H2,1-2H3. The topological polar surface area (TPSA) is 62.5 Å². The van der Waals surface area contributed by atoms with E-state index >= 15 is 0 Å². The predicted molar refractivity (Wildman–Crippen MR) is 120 cm³/mol. The number of ketones is 1. The van der Waals surface area contributed by atoms with Crippen molar-refractivity contribution >= 4 is 34.6 Å². The average Bonchev–Trinajstić information content (AvgIpc) is 2.71. The minimum atomic E-state index is -0.0726. The largest absolute Gasteiger partial charge is 0.396 e. The average molecular weight is 409 g/mol. The molecule has 29 heavy (non-hydrogen) atoms. The molecule has 6 heteroatoms. The number of nitrogen functional groups attached to an aromatic ring is 1. The molecule has 0 atom stereocenters. The molecule has 150 valence electrons. The third kappa shape index (κ3) is 5.34. The molecule has 0 amide bonds. The Kier molecular flexibility index (Phi) is 6.86. The Morgan fingerprint density at radius 3 is 2.41 bits per heavy atom. The van der Waals surface area contributed by atoms with Gasteiger partial charge in [0.15, 0.2) is 11.6 Å². The zero-order chi connectivity index (χ0) is 20.8. The normalized spacial score (nSPS) is 10.9. The second kappa shape index (κ2) is 9.54. The van der Waals surface area contributed by atoms with Crippen LogP contribution in [0.5, 0.6) is 0 Å². The van der Waals surface area contributed by atoms with E-state index in [0.29, 0.717) is 27.7 Å². The fourth-order valence-corrected chi connectivity index (χ4v) is 3.34. The lowest BCUT2D eigenvalue weighted by Gasteiger charge is -2.26. The van der Waals surface area contributed by atoms with Gasteiger partial charge in [-0.15, -0.1) is 0 Å². The van der Waals surface area contributed by atoms with Gasteiger partial charge in [0.25, 0.3) is 0 Å². The summed E-state index contributed by atoms with van der Waals surface area (Å²) in [7, 11) is 4.09. The molecule has 0 saturated carbocycles. The van der Waals surface area contributed by atoms with Crippen LogP contribution in [0, 0.1) is 0 Å². The molecule has 3 aromatic rings. The van der Waals surface area contributed by atoms with Gasteiger partial charge in [0.05, 0.1) is 5.69 Å². The van der Waals surface area contributed by atoms with Crippen LogP contribution >= 0.6 is 11.6 Å². The van der Waals surface area contributed by atoms with E-state index in [2.05, 4.69) is 14.8 Å². The summed E-state index contributed by atoms with van der Waals surface area (Å²) in [4.78, 5) is 21.6. The van der Waals surface area contributed by atoms with E-state index in [4.69, 9.17) is 17.3 Å². The van der Waals surface area contributed by atoms with Crippen molar-refractivity contribution in [3.8, 4) is 0 Å². The first-order valence-corrected chi connectivity index (χ1v) is 9.86. The van der Waals surface area contributed by atoms with Crippen molar-refractivity contribution in [2.75, 3.05) is 37.8 Å². The molecule has 2 aromatic carbocycles. The quantitative estimate of drug-likeness (QED) is 0.550. The summed E-state index contributed by atoms with van der Waals surface area (Å²) in [5.74, 6) is 0.621. The second-order valence-electron chi connectivity index (χ2n) is 7.11. The van der Waals surface area contributed by atoms with Gasteiger partial charge in [-0.25, -0.2) is 4.98 Å². The van der Waals surface area contributed by atoms with Crippen LogP contribution in [0.25, 0.3) is 0 Å². The lowest BCUT2D eigenvalue weighted by Crippen LogP contribution is -2.24. The molecular formula is C23H25ClN4O. The maximum Gasteiger partial charge on any atom is 0.193 e. The Labute approximate surface area is 176 Å². The fourth-order valence-electron chi connectivity index (χ4n) is 3.15. The van der Waals surface area contributed by atoms with Crippen LogP contribution in [0.4, 0.5) is 17.2 Å². The Morgan fingerprint density at radius 1 is 1.00 bits per heavy atom. The van der Waals surface area contributed by atoms with Crippen molar-refractivity contribution in [3.63, 3.8) is 0 Å². The number of halogens is 1. The highest BCUT2D eigenvalue weighted by molar-refractivity contribution is 6.31. The van der Waals surface area contributed by atoms with Crippen molar-refractivity contribution < 1.29 is 4.79 Å². The molecule has 0 bridgehead atoms. The van der Waals surface area contributed by atoms with Gasteiger partial charge >= 0.3 is 0 Å². The molecule has 1 heterocycles. The third-order valence-electron chi connectivity index (χ3n) is 4.57. The predicted octanol–water partition coefficient (Wildman–Crippen LogP) is 4.64. The molecule has 1 aromatic heterocycles. The Morgan fingerprint density at radius 2 is 1.72 bits per heavy atom. The zero-order valence-electron chi connectivity index (χ0n) is 16.7. The van der Waals surface area contributed by atoms with Gasteiger partial charge in [-0.2, -0.15) is 0 Å². The van der Waals surface area contributed by atoms with Crippen molar-refractivity contribution in [1.82, 2.24) is 9.88 Å². The summed E-state index contributed by atoms with van der Waals surface area (Å²) in [5, 5.41) is 0.540. The van der Waals surface area contributed by atoms with Crippen LogP contribution in [-0.4, -0.2) is 42.9 Å². The van der Waals surface area contributed by atoms with Gasteiger partial charge in [0, 0.05) is 34.6 Å². The van der Waals surface area contributed by atoms with Gasteiger partial charge in [-0.1, -0.05) is 35.9 Å². The summed E-state index contributed by atoms with van der Waals surface area (Å²) in [6, 6.07) is 18.2. The van der Waals surface area contributed by atoms with Gasteiger partial charge < -0.3 is 15.5 Å². The second-order valence-corrected chi connectivity index (χ2v) is 7.55. The van der Waals surface area contributed by atoms with Crippen molar-refractivity contribution in [2.24, 2.45) is 0 Å². The van der Waals surface area contributed by atoms with E-state index in [1.54, 1.807) is 30.5 Å². The number of aromatic nitrogens is 1. The highest BCUT2D eigenvalue weighted by Crippen LogP contribution is 2.29. The minimum absolute atomic E-state index is 0.0726. The van der Waals surface area contributed by atoms with Crippen LogP contribution in [0.2, 0.25) is 5.02 Å². The Bertz CT molecular complexity index is 990. The number of carbonyl (C=O) groups is 1. The van der Waals surface area contributed by atoms with E-state index in [0.717, 1.165) is 25.2 Å². The van der Waals surface area contributed by atoms with E-state index in [1.165, 1.54) is 0 Å². The fraction of sp³-hybridized carbons (Fsp3) is 0.217. The van der Waals surface area contributed by atoms with Crippen LogP contribution in [0.1, 0.15) is 22.3 Å². The van der Waals surface area contributed by atoms with Gasteiger partial charge in [-0.05, 0) is 63.5 Å². The third-order valence-corrected chi connectivity index (χ3v) is 4.80. The number of pyridine rings is 1. The SMILES string of the molecule is CN(C)CCCN(c1cccc(C(=O)c2cccc(Cl)c2)c1)c1ncccc1N. The molecule has 0 saturated heterocycles. The summed E-state index contributed by atoms with van der Waals surface area (Å²) in [6.45, 7) is 1.67. The van der Waals surface area contributed by atoms with Gasteiger partial charge in [0.1, 0.15) is 0 Å². The van der Waals surface area contributed by atoms with Gasteiger partial charge in [0.2, 0.25) is 0 Å². The Hall–Kier alpha value is -2.89. The molecule has 0 aliphatic rings. The van der Waals surface area contributed by atoms with Gasteiger partial charge in [-0.3, -0.25) is 4.79 Å². The maximum absolute atomic E-state index is 13.0. The number of nitrogens with zero attached hydrogens (tertiary/aromatic N) is 3. The van der Waals surface area contributed by atoms with Crippen molar-refractivity contribution in [3.05, 3.63) is 83.0 Å². The lowest BCUT2D eigenvalue weighted by molar-refractivity contribution is 0.103. The van der Waals surface area contributed by atoms with Crippen LogP contribution in [0.15, 0.2) is 66.9 Å². The smallest absolute Gasteiger partial charge is 0.193 e. The number of rotatable bonds is 8. The minimum Gasteiger partial charge on any atom is -0.396 e. The first-order chi connectivity index (χ1) is 14.0. The molecule has 3 rings (SSSR count). The van der Waals surface area contributed by atoms with E-state index < -0.39 is 0 Å². The maximum atomic E-state index is 13.0. The summed E-state index contributed by atoms with van der Waals surface area (Å²) >= 11 is 6.05. The molecule has 0 unspecified atom stereocenters. The summed E-state index contributed by atoms with van der Waals surface area (Å²) in [5.41, 5.74) is 8.83. The van der Waals surface area contributed by atoms with Crippen LogP contribution in [0.3, 0.4) is 0 Å². The molecule has 2 N–H and O–H groups in total. The van der Waals surface area contributed by atoms with E-state index in [-0.39, 0.29) is 5.78 Å². The molecule has 0 aliphatic carbocycles. The monoisotopic (exact) mass is 408 g/mol. The molecular weight excluding hydrogens is 384 g/mol. The highest BCUT2D eigenvalue weighted by Gasteiger charge is 2.16. The molecule has 5 nitrogen and oxygen atoms in total. The highest BCUT2D eigenvalue weighted by atomic mass is 35.5. The number of nitrogens with two attached hydrogens (primary N) is 1. The zero-order valence-corrected chi connectivity index (χ0v) is 17.4. The lowest BCUT2D eigenvalue weighted by atomic mass is 10.0. The van der Waals surface area contributed by atoms with Crippen molar-refractivity contribution in [1.29, 1.82) is 0 Å². The first kappa shape index (κ1) is 20.8. The number of hydrogen-bond donors (Lipinski definition) is 1. The number of benzene rings is 2. The number of carbonyl (C=O) groups excluding carboxylic acids is 1. The van der Waals surface area contributed by atoms with Crippen LogP contribution < -0.4 is 10.6 Å². The summed E-state index contributed by atoms with van der Waals surface area (Å²) < 4.78 is 0. The van der Waals surface area contributed by atoms with Crippen LogP contribution in [-0.2, 0) is 0 Å². The molecule has 0 radical (unpaired) electrons. The number of hydrogen-bond acceptors (Lipinski definition) is 5. The van der Waals surface area contributed by atoms with E-state index in [9.17, 15) is 4.79 Å². The first-order valence-electron chi connectivity index (χ1n) is 9.49. The molecule has 0 spiro atoms. The molecule has 0 aliphatic heterocycles.